The predicted octanol–water partition coefficient (Wildman–Crippen LogP) is 3.71. The Morgan fingerprint density at radius 3 is 2.35 bits per heavy atom. The monoisotopic (exact) mass is 371 g/mol. The Kier molecular flexibility index (Phi) is 7.46. The van der Waals surface area contributed by atoms with Gasteiger partial charge in [-0.05, 0) is 49.5 Å². The minimum absolute atomic E-state index is 0.134. The molecular weight excluding hydrogens is 343 g/mol. The van der Waals surface area contributed by atoms with E-state index < -0.39 is 12.7 Å². The van der Waals surface area contributed by atoms with E-state index >= 15 is 0 Å². The number of nitrogens with zero attached hydrogens (tertiary/aromatic N) is 2. The summed E-state index contributed by atoms with van der Waals surface area (Å²) in [5.41, 5.74) is 1.98. The van der Waals surface area contributed by atoms with Crippen molar-refractivity contribution in [3.8, 4) is 0 Å². The third-order valence-electron chi connectivity index (χ3n) is 4.83. The van der Waals surface area contributed by atoms with Crippen LogP contribution in [0.3, 0.4) is 0 Å². The summed E-state index contributed by atoms with van der Waals surface area (Å²) in [5, 5.41) is 2.87. The third kappa shape index (κ3) is 6.96. The molecule has 1 aromatic rings. The molecule has 0 spiro atoms. The van der Waals surface area contributed by atoms with Gasteiger partial charge in [0, 0.05) is 18.8 Å². The van der Waals surface area contributed by atoms with Crippen molar-refractivity contribution in [3.05, 3.63) is 29.8 Å². The van der Waals surface area contributed by atoms with Crippen LogP contribution in [-0.2, 0) is 4.79 Å². The lowest BCUT2D eigenvalue weighted by Gasteiger charge is -2.22. The van der Waals surface area contributed by atoms with E-state index in [0.717, 1.165) is 12.1 Å². The van der Waals surface area contributed by atoms with Crippen molar-refractivity contribution in [1.29, 1.82) is 0 Å². The quantitative estimate of drug-likeness (QED) is 0.828. The molecule has 26 heavy (non-hydrogen) atoms. The number of alkyl halides is 3. The standard InChI is InChI=1S/C19H28F3N3O/c1-3-15(2)16-5-7-17(8-6-16)23-18(26)13-24-9-4-10-25(12-11-24)14-19(20,21)22/h5-8,15H,3-4,9-14H2,1-2H3,(H,23,26). The molecular formula is C19H28F3N3O. The van der Waals surface area contributed by atoms with Crippen LogP contribution in [0.15, 0.2) is 24.3 Å². The van der Waals surface area contributed by atoms with Gasteiger partial charge in [-0.25, -0.2) is 0 Å². The zero-order chi connectivity index (χ0) is 19.2. The van der Waals surface area contributed by atoms with E-state index in [0.29, 0.717) is 38.5 Å². The number of benzene rings is 1. The molecule has 1 aliphatic rings. The Labute approximate surface area is 153 Å². The molecule has 1 N–H and O–H groups in total. The van der Waals surface area contributed by atoms with Gasteiger partial charge in [0.25, 0.3) is 0 Å². The van der Waals surface area contributed by atoms with Crippen LogP contribution in [0.25, 0.3) is 0 Å². The summed E-state index contributed by atoms with van der Waals surface area (Å²) in [5.74, 6) is 0.349. The first-order chi connectivity index (χ1) is 12.3. The van der Waals surface area contributed by atoms with Crippen LogP contribution in [0, 0.1) is 0 Å². The average molecular weight is 371 g/mol. The van der Waals surface area contributed by atoms with E-state index in [-0.39, 0.29) is 12.5 Å². The van der Waals surface area contributed by atoms with Gasteiger partial charge in [-0.3, -0.25) is 14.6 Å². The van der Waals surface area contributed by atoms with Crippen molar-refractivity contribution in [3.63, 3.8) is 0 Å². The summed E-state index contributed by atoms with van der Waals surface area (Å²) in [7, 11) is 0. The van der Waals surface area contributed by atoms with Crippen molar-refractivity contribution in [2.45, 2.75) is 38.8 Å². The largest absolute Gasteiger partial charge is 0.401 e. The maximum atomic E-state index is 12.5. The molecule has 1 heterocycles. The van der Waals surface area contributed by atoms with Crippen LogP contribution in [-0.4, -0.2) is 61.2 Å². The molecule has 1 aliphatic heterocycles. The van der Waals surface area contributed by atoms with E-state index in [1.807, 2.05) is 29.2 Å². The molecule has 1 unspecified atom stereocenters. The molecule has 1 fully saturated rings. The smallest absolute Gasteiger partial charge is 0.325 e. The number of hydrogen-bond donors (Lipinski definition) is 1. The molecule has 0 bridgehead atoms. The summed E-state index contributed by atoms with van der Waals surface area (Å²) in [6, 6.07) is 7.83. The minimum atomic E-state index is -4.17. The lowest BCUT2D eigenvalue weighted by atomic mass is 9.99. The number of carbonyl (C=O) groups is 1. The Bertz CT molecular complexity index is 574. The van der Waals surface area contributed by atoms with Crippen LogP contribution < -0.4 is 5.32 Å². The van der Waals surface area contributed by atoms with Crippen molar-refractivity contribution >= 4 is 11.6 Å². The predicted molar refractivity (Wildman–Crippen MR) is 97.3 cm³/mol. The number of nitrogens with one attached hydrogen (secondary N) is 1. The maximum absolute atomic E-state index is 12.5. The van der Waals surface area contributed by atoms with Crippen molar-refractivity contribution in [1.82, 2.24) is 9.80 Å². The van der Waals surface area contributed by atoms with Gasteiger partial charge in [-0.2, -0.15) is 13.2 Å². The molecule has 1 atom stereocenters. The molecule has 7 heteroatoms. The molecule has 1 saturated heterocycles. The molecule has 4 nitrogen and oxygen atoms in total. The molecule has 1 aromatic carbocycles. The number of rotatable bonds is 6. The first-order valence-electron chi connectivity index (χ1n) is 9.18. The molecule has 0 aromatic heterocycles. The maximum Gasteiger partial charge on any atom is 0.401 e. The Morgan fingerprint density at radius 2 is 1.73 bits per heavy atom. The SMILES string of the molecule is CCC(C)c1ccc(NC(=O)CN2CCCN(CC(F)(F)F)CC2)cc1. The van der Waals surface area contributed by atoms with Gasteiger partial charge in [-0.15, -0.1) is 0 Å². The van der Waals surface area contributed by atoms with Crippen LogP contribution in [0.5, 0.6) is 0 Å². The van der Waals surface area contributed by atoms with Crippen molar-refractivity contribution < 1.29 is 18.0 Å². The summed E-state index contributed by atoms with van der Waals surface area (Å²) in [6.45, 7) is 5.46. The van der Waals surface area contributed by atoms with E-state index in [2.05, 4.69) is 19.2 Å². The van der Waals surface area contributed by atoms with E-state index in [9.17, 15) is 18.0 Å². The fraction of sp³-hybridized carbons (Fsp3) is 0.632. The molecule has 0 radical (unpaired) electrons. The fourth-order valence-electron chi connectivity index (χ4n) is 3.13. The second-order valence-electron chi connectivity index (χ2n) is 7.00. The Balaban J connectivity index is 1.80. The van der Waals surface area contributed by atoms with E-state index in [1.165, 1.54) is 10.5 Å². The number of amides is 1. The number of hydrogen-bond acceptors (Lipinski definition) is 3. The minimum Gasteiger partial charge on any atom is -0.325 e. The summed E-state index contributed by atoms with van der Waals surface area (Å²) in [4.78, 5) is 15.6. The van der Waals surface area contributed by atoms with Gasteiger partial charge >= 0.3 is 6.18 Å². The molecule has 1 amide bonds. The summed E-state index contributed by atoms with van der Waals surface area (Å²) in [6.07, 6.45) is -2.48. The summed E-state index contributed by atoms with van der Waals surface area (Å²) < 4.78 is 37.5. The van der Waals surface area contributed by atoms with Crippen LogP contribution in [0.2, 0.25) is 0 Å². The average Bonchev–Trinajstić information content (AvgIpc) is 2.78. The highest BCUT2D eigenvalue weighted by Crippen LogP contribution is 2.20. The van der Waals surface area contributed by atoms with Gasteiger partial charge in [0.05, 0.1) is 13.1 Å². The van der Waals surface area contributed by atoms with Gasteiger partial charge in [-0.1, -0.05) is 26.0 Å². The number of carbonyl (C=O) groups excluding carboxylic acids is 1. The second-order valence-corrected chi connectivity index (χ2v) is 7.00. The van der Waals surface area contributed by atoms with Crippen molar-refractivity contribution in [2.24, 2.45) is 0 Å². The number of halogens is 3. The number of anilines is 1. The van der Waals surface area contributed by atoms with Gasteiger partial charge in [0.1, 0.15) is 0 Å². The van der Waals surface area contributed by atoms with Crippen LogP contribution in [0.1, 0.15) is 38.2 Å². The second kappa shape index (κ2) is 9.37. The first kappa shape index (κ1) is 20.7. The van der Waals surface area contributed by atoms with Gasteiger partial charge < -0.3 is 5.32 Å². The topological polar surface area (TPSA) is 35.6 Å². The zero-order valence-electron chi connectivity index (χ0n) is 15.5. The third-order valence-corrected chi connectivity index (χ3v) is 4.83. The Hall–Kier alpha value is -1.60. The van der Waals surface area contributed by atoms with Gasteiger partial charge in [0.2, 0.25) is 5.91 Å². The lowest BCUT2D eigenvalue weighted by molar-refractivity contribution is -0.145. The highest BCUT2D eigenvalue weighted by Gasteiger charge is 2.31. The van der Waals surface area contributed by atoms with Crippen LogP contribution >= 0.6 is 0 Å². The molecule has 0 saturated carbocycles. The normalized spacial score (nSPS) is 18.3. The van der Waals surface area contributed by atoms with E-state index in [4.69, 9.17) is 0 Å². The van der Waals surface area contributed by atoms with Crippen molar-refractivity contribution in [2.75, 3.05) is 44.6 Å². The fourth-order valence-corrected chi connectivity index (χ4v) is 3.13. The highest BCUT2D eigenvalue weighted by atomic mass is 19.4. The zero-order valence-corrected chi connectivity index (χ0v) is 15.5. The van der Waals surface area contributed by atoms with Crippen LogP contribution in [0.4, 0.5) is 18.9 Å². The van der Waals surface area contributed by atoms with E-state index in [1.54, 1.807) is 0 Å². The Morgan fingerprint density at radius 1 is 1.12 bits per heavy atom. The van der Waals surface area contributed by atoms with Gasteiger partial charge in [0.15, 0.2) is 0 Å². The molecule has 146 valence electrons. The first-order valence-corrected chi connectivity index (χ1v) is 9.18. The lowest BCUT2D eigenvalue weighted by Crippen LogP contribution is -2.39. The molecule has 0 aliphatic carbocycles. The highest BCUT2D eigenvalue weighted by molar-refractivity contribution is 5.92. The molecule has 2 rings (SSSR count). The summed E-state index contributed by atoms with van der Waals surface area (Å²) >= 11 is 0.